The van der Waals surface area contributed by atoms with Gasteiger partial charge in [0.25, 0.3) is 11.6 Å². The number of rotatable bonds is 5. The molecule has 8 nitrogen and oxygen atoms in total. The van der Waals surface area contributed by atoms with E-state index in [1.165, 1.54) is 36.5 Å². The lowest BCUT2D eigenvalue weighted by atomic mass is 10.1. The molecule has 138 valence electrons. The third-order valence-corrected chi connectivity index (χ3v) is 5.47. The van der Waals surface area contributed by atoms with Crippen LogP contribution in [-0.2, 0) is 22.4 Å². The van der Waals surface area contributed by atoms with Crippen LogP contribution in [-0.4, -0.2) is 23.4 Å². The fourth-order valence-electron chi connectivity index (χ4n) is 3.05. The number of hydrogen-bond acceptors (Lipinski definition) is 7. The van der Waals surface area contributed by atoms with Crippen LogP contribution >= 0.6 is 11.3 Å². The molecule has 0 fully saturated rings. The molecule has 0 unspecified atom stereocenters. The van der Waals surface area contributed by atoms with Gasteiger partial charge in [0, 0.05) is 10.4 Å². The maximum Gasteiger partial charge on any atom is 0.345 e. The monoisotopic (exact) mass is 385 g/mol. The van der Waals surface area contributed by atoms with Crippen LogP contribution in [0.1, 0.15) is 38.3 Å². The SMILES string of the molecule is Cc1cccc(C(=O)OCC(=O)Nc2sc3c(c2C#N)CCC3)c1[N+](=O)[O-]. The average molecular weight is 385 g/mol. The van der Waals surface area contributed by atoms with E-state index in [1.54, 1.807) is 0 Å². The van der Waals surface area contributed by atoms with Crippen LogP contribution in [0.5, 0.6) is 0 Å². The topological polar surface area (TPSA) is 122 Å². The minimum atomic E-state index is -0.949. The highest BCUT2D eigenvalue weighted by atomic mass is 32.1. The maximum absolute atomic E-state index is 12.2. The maximum atomic E-state index is 12.2. The highest BCUT2D eigenvalue weighted by Gasteiger charge is 2.25. The van der Waals surface area contributed by atoms with Crippen molar-refractivity contribution in [2.24, 2.45) is 0 Å². The smallest absolute Gasteiger partial charge is 0.345 e. The lowest BCUT2D eigenvalue weighted by molar-refractivity contribution is -0.385. The van der Waals surface area contributed by atoms with Crippen molar-refractivity contribution >= 4 is 33.9 Å². The van der Waals surface area contributed by atoms with Gasteiger partial charge in [-0.3, -0.25) is 14.9 Å². The number of thiophene rings is 1. The molecule has 0 radical (unpaired) electrons. The molecule has 1 aromatic carbocycles. The van der Waals surface area contributed by atoms with Crippen LogP contribution in [0.4, 0.5) is 10.7 Å². The summed E-state index contributed by atoms with van der Waals surface area (Å²) in [6.45, 7) is 0.915. The number of benzene rings is 1. The van der Waals surface area contributed by atoms with E-state index in [0.717, 1.165) is 29.7 Å². The fraction of sp³-hybridized carbons (Fsp3) is 0.278. The Morgan fingerprint density at radius 1 is 1.41 bits per heavy atom. The van der Waals surface area contributed by atoms with Crippen LogP contribution in [0.2, 0.25) is 0 Å². The summed E-state index contributed by atoms with van der Waals surface area (Å²) >= 11 is 1.36. The van der Waals surface area contributed by atoms with E-state index in [0.29, 0.717) is 16.1 Å². The van der Waals surface area contributed by atoms with Gasteiger partial charge in [0.15, 0.2) is 6.61 Å². The van der Waals surface area contributed by atoms with Gasteiger partial charge < -0.3 is 10.1 Å². The van der Waals surface area contributed by atoms with Crippen molar-refractivity contribution in [3.8, 4) is 6.07 Å². The lowest BCUT2D eigenvalue weighted by Gasteiger charge is -2.07. The van der Waals surface area contributed by atoms with Crippen molar-refractivity contribution in [2.45, 2.75) is 26.2 Å². The average Bonchev–Trinajstić information content (AvgIpc) is 3.19. The second-order valence-corrected chi connectivity index (χ2v) is 7.13. The van der Waals surface area contributed by atoms with Gasteiger partial charge >= 0.3 is 5.97 Å². The van der Waals surface area contributed by atoms with Crippen LogP contribution in [0.3, 0.4) is 0 Å². The summed E-state index contributed by atoms with van der Waals surface area (Å²) in [7, 11) is 0. The zero-order chi connectivity index (χ0) is 19.6. The van der Waals surface area contributed by atoms with E-state index in [2.05, 4.69) is 11.4 Å². The van der Waals surface area contributed by atoms with Gasteiger partial charge in [-0.05, 0) is 37.8 Å². The van der Waals surface area contributed by atoms with Gasteiger partial charge in [0.1, 0.15) is 16.6 Å². The Labute approximate surface area is 158 Å². The molecular formula is C18H15N3O5S. The quantitative estimate of drug-likeness (QED) is 0.479. The number of nitrogens with one attached hydrogen (secondary N) is 1. The minimum absolute atomic E-state index is 0.208. The van der Waals surface area contributed by atoms with Crippen molar-refractivity contribution in [1.29, 1.82) is 5.26 Å². The number of amides is 1. The molecule has 9 heteroatoms. The van der Waals surface area contributed by atoms with Gasteiger partial charge in [0.2, 0.25) is 0 Å². The van der Waals surface area contributed by atoms with E-state index in [-0.39, 0.29) is 11.3 Å². The highest BCUT2D eigenvalue weighted by Crippen LogP contribution is 2.38. The normalized spacial score (nSPS) is 12.1. The predicted molar refractivity (Wildman–Crippen MR) is 97.8 cm³/mol. The third kappa shape index (κ3) is 3.66. The van der Waals surface area contributed by atoms with Crippen molar-refractivity contribution < 1.29 is 19.2 Å². The van der Waals surface area contributed by atoms with Crippen LogP contribution < -0.4 is 5.32 Å². The van der Waals surface area contributed by atoms with E-state index in [4.69, 9.17) is 4.74 Å². The second kappa shape index (κ2) is 7.55. The number of para-hydroxylation sites is 1. The molecule has 0 spiro atoms. The van der Waals surface area contributed by atoms with Crippen molar-refractivity contribution in [2.75, 3.05) is 11.9 Å². The Bertz CT molecular complexity index is 990. The minimum Gasteiger partial charge on any atom is -0.452 e. The number of nitro benzene ring substituents is 1. The van der Waals surface area contributed by atoms with Crippen molar-refractivity contribution in [1.82, 2.24) is 0 Å². The van der Waals surface area contributed by atoms with Gasteiger partial charge in [-0.2, -0.15) is 5.26 Å². The summed E-state index contributed by atoms with van der Waals surface area (Å²) in [5.74, 6) is -1.55. The molecule has 1 amide bonds. The molecule has 1 aromatic heterocycles. The number of carbonyl (C=O) groups is 2. The first-order valence-corrected chi connectivity index (χ1v) is 8.99. The van der Waals surface area contributed by atoms with Gasteiger partial charge in [-0.1, -0.05) is 12.1 Å². The largest absolute Gasteiger partial charge is 0.452 e. The van der Waals surface area contributed by atoms with E-state index < -0.39 is 23.4 Å². The highest BCUT2D eigenvalue weighted by molar-refractivity contribution is 7.16. The number of aryl methyl sites for hydroxylation is 2. The molecule has 0 bridgehead atoms. The molecule has 27 heavy (non-hydrogen) atoms. The number of hydrogen-bond donors (Lipinski definition) is 1. The van der Waals surface area contributed by atoms with Gasteiger partial charge in [-0.25, -0.2) is 4.79 Å². The van der Waals surface area contributed by atoms with Crippen molar-refractivity contribution in [3.05, 3.63) is 55.4 Å². The zero-order valence-corrected chi connectivity index (χ0v) is 15.2. The molecule has 0 saturated carbocycles. The van der Waals surface area contributed by atoms with E-state index in [1.807, 2.05) is 0 Å². The first kappa shape index (κ1) is 18.5. The molecule has 2 aromatic rings. The summed E-state index contributed by atoms with van der Waals surface area (Å²) in [5, 5.41) is 23.5. The fourth-order valence-corrected chi connectivity index (χ4v) is 4.30. The Hall–Kier alpha value is -3.25. The molecule has 1 aliphatic carbocycles. The zero-order valence-electron chi connectivity index (χ0n) is 14.4. The summed E-state index contributed by atoms with van der Waals surface area (Å²) in [6.07, 6.45) is 2.70. The van der Waals surface area contributed by atoms with Crippen LogP contribution in [0.15, 0.2) is 18.2 Å². The van der Waals surface area contributed by atoms with Crippen LogP contribution in [0, 0.1) is 28.4 Å². The lowest BCUT2D eigenvalue weighted by Crippen LogP contribution is -2.21. The molecule has 0 atom stereocenters. The molecule has 1 aliphatic rings. The Balaban J connectivity index is 1.67. The summed E-state index contributed by atoms with van der Waals surface area (Å²) < 4.78 is 4.93. The molecule has 3 rings (SSSR count). The Morgan fingerprint density at radius 3 is 2.89 bits per heavy atom. The van der Waals surface area contributed by atoms with E-state index >= 15 is 0 Å². The van der Waals surface area contributed by atoms with Gasteiger partial charge in [0.05, 0.1) is 10.5 Å². The van der Waals surface area contributed by atoms with Crippen LogP contribution in [0.25, 0.3) is 0 Å². The summed E-state index contributed by atoms with van der Waals surface area (Å²) in [6, 6.07) is 6.41. The first-order chi connectivity index (χ1) is 12.9. The molecular weight excluding hydrogens is 370 g/mol. The predicted octanol–water partition coefficient (Wildman–Crippen LogP) is 3.12. The standard InChI is InChI=1S/C18H15N3O5S/c1-10-4-2-6-12(16(10)21(24)25)18(23)26-9-15(22)20-17-13(8-19)11-5-3-7-14(11)27-17/h2,4,6H,3,5,7,9H2,1H3,(H,20,22). The second-order valence-electron chi connectivity index (χ2n) is 6.03. The molecule has 0 saturated heterocycles. The number of nitrogens with zero attached hydrogens (tertiary/aromatic N) is 2. The number of ether oxygens (including phenoxy) is 1. The molecule has 1 heterocycles. The van der Waals surface area contributed by atoms with Crippen molar-refractivity contribution in [3.63, 3.8) is 0 Å². The number of nitriles is 1. The van der Waals surface area contributed by atoms with Gasteiger partial charge in [-0.15, -0.1) is 11.3 Å². The number of carbonyl (C=O) groups excluding carboxylic acids is 2. The first-order valence-electron chi connectivity index (χ1n) is 8.18. The number of nitro groups is 1. The van der Waals surface area contributed by atoms with E-state index in [9.17, 15) is 25.0 Å². The number of anilines is 1. The summed E-state index contributed by atoms with van der Waals surface area (Å²) in [5.41, 5.74) is 1.21. The number of esters is 1. The summed E-state index contributed by atoms with van der Waals surface area (Å²) in [4.78, 5) is 35.9. The molecule has 0 aliphatic heterocycles. The Kier molecular flexibility index (Phi) is 5.19. The number of fused-ring (bicyclic) bond motifs is 1. The Morgan fingerprint density at radius 2 is 2.19 bits per heavy atom. The molecule has 1 N–H and O–H groups in total. The third-order valence-electron chi connectivity index (χ3n) is 4.26.